The topological polar surface area (TPSA) is 52.5 Å². The van der Waals surface area contributed by atoms with Crippen molar-refractivity contribution in [3.05, 3.63) is 59.7 Å². The van der Waals surface area contributed by atoms with E-state index in [-0.39, 0.29) is 11.5 Å². The molecule has 19 heavy (non-hydrogen) atoms. The summed E-state index contributed by atoms with van der Waals surface area (Å²) in [6, 6.07) is 15.3. The van der Waals surface area contributed by atoms with E-state index in [0.29, 0.717) is 18.0 Å². The Labute approximate surface area is 113 Å². The summed E-state index contributed by atoms with van der Waals surface area (Å²) in [6.45, 7) is 3.52. The van der Waals surface area contributed by atoms with Crippen LogP contribution in [0.15, 0.2) is 48.5 Å². The Morgan fingerprint density at radius 3 is 2.47 bits per heavy atom. The summed E-state index contributed by atoms with van der Waals surface area (Å²) in [7, 11) is 0. The van der Waals surface area contributed by atoms with Crippen LogP contribution < -0.4 is 5.32 Å². The molecule has 0 aromatic heterocycles. The lowest BCUT2D eigenvalue weighted by atomic mass is 10.0. The Bertz CT molecular complexity index is 526. The molecule has 0 fully saturated rings. The van der Waals surface area contributed by atoms with Gasteiger partial charge >= 0.3 is 0 Å². The van der Waals surface area contributed by atoms with Crippen molar-refractivity contribution in [2.45, 2.75) is 19.4 Å². The van der Waals surface area contributed by atoms with Crippen molar-refractivity contribution in [1.82, 2.24) is 5.32 Å². The summed E-state index contributed by atoms with van der Waals surface area (Å²) in [5, 5.41) is 22.4. The number of phenols is 2. The van der Waals surface area contributed by atoms with E-state index in [2.05, 4.69) is 24.4 Å². The number of hydrogen-bond acceptors (Lipinski definition) is 3. The first-order valence-corrected chi connectivity index (χ1v) is 6.44. The molecule has 0 saturated heterocycles. The molecule has 0 amide bonds. The van der Waals surface area contributed by atoms with Crippen molar-refractivity contribution >= 4 is 0 Å². The highest BCUT2D eigenvalue weighted by Gasteiger charge is 2.07. The SMILES string of the molecule is CC(CNCc1cccc(O)c1O)c1ccccc1. The average molecular weight is 257 g/mol. The first-order chi connectivity index (χ1) is 9.18. The van der Waals surface area contributed by atoms with Crippen LogP contribution in [0.2, 0.25) is 0 Å². The highest BCUT2D eigenvalue weighted by molar-refractivity contribution is 5.44. The fraction of sp³-hybridized carbons (Fsp3) is 0.250. The molecule has 3 N–H and O–H groups in total. The van der Waals surface area contributed by atoms with Crippen molar-refractivity contribution in [1.29, 1.82) is 0 Å². The number of benzene rings is 2. The van der Waals surface area contributed by atoms with Crippen molar-refractivity contribution in [2.24, 2.45) is 0 Å². The zero-order valence-electron chi connectivity index (χ0n) is 11.0. The van der Waals surface area contributed by atoms with Gasteiger partial charge < -0.3 is 15.5 Å². The quantitative estimate of drug-likeness (QED) is 0.722. The Kier molecular flexibility index (Phi) is 4.42. The van der Waals surface area contributed by atoms with Gasteiger partial charge in [-0.2, -0.15) is 0 Å². The Balaban J connectivity index is 1.88. The molecule has 2 aromatic carbocycles. The summed E-state index contributed by atoms with van der Waals surface area (Å²) < 4.78 is 0. The molecule has 0 saturated carbocycles. The molecule has 2 aromatic rings. The lowest BCUT2D eigenvalue weighted by Crippen LogP contribution is -2.19. The monoisotopic (exact) mass is 257 g/mol. The largest absolute Gasteiger partial charge is 0.504 e. The van der Waals surface area contributed by atoms with Crippen LogP contribution in [-0.2, 0) is 6.54 Å². The maximum absolute atomic E-state index is 9.69. The van der Waals surface area contributed by atoms with Crippen LogP contribution in [0.1, 0.15) is 24.0 Å². The molecule has 100 valence electrons. The minimum Gasteiger partial charge on any atom is -0.504 e. The second-order valence-electron chi connectivity index (χ2n) is 4.73. The van der Waals surface area contributed by atoms with Gasteiger partial charge in [0.15, 0.2) is 11.5 Å². The van der Waals surface area contributed by atoms with E-state index in [9.17, 15) is 10.2 Å². The molecule has 3 heteroatoms. The van der Waals surface area contributed by atoms with Gasteiger partial charge in [-0.15, -0.1) is 0 Å². The maximum atomic E-state index is 9.69. The van der Waals surface area contributed by atoms with Crippen LogP contribution in [-0.4, -0.2) is 16.8 Å². The number of phenolic OH excluding ortho intramolecular Hbond substituents is 2. The fourth-order valence-corrected chi connectivity index (χ4v) is 2.04. The number of aromatic hydroxyl groups is 2. The fourth-order valence-electron chi connectivity index (χ4n) is 2.04. The first kappa shape index (κ1) is 13.4. The van der Waals surface area contributed by atoms with Crippen LogP contribution in [0, 0.1) is 0 Å². The van der Waals surface area contributed by atoms with Crippen LogP contribution in [0.25, 0.3) is 0 Å². The van der Waals surface area contributed by atoms with Crippen LogP contribution >= 0.6 is 0 Å². The second kappa shape index (κ2) is 6.25. The summed E-state index contributed by atoms with van der Waals surface area (Å²) >= 11 is 0. The van der Waals surface area contributed by atoms with Gasteiger partial charge in [0.05, 0.1) is 0 Å². The van der Waals surface area contributed by atoms with Crippen molar-refractivity contribution in [2.75, 3.05) is 6.54 Å². The normalized spacial score (nSPS) is 12.3. The van der Waals surface area contributed by atoms with Crippen molar-refractivity contribution in [3.63, 3.8) is 0 Å². The lowest BCUT2D eigenvalue weighted by Gasteiger charge is -2.13. The van der Waals surface area contributed by atoms with Crippen molar-refractivity contribution in [3.8, 4) is 11.5 Å². The Morgan fingerprint density at radius 2 is 1.74 bits per heavy atom. The third kappa shape index (κ3) is 3.48. The van der Waals surface area contributed by atoms with E-state index in [4.69, 9.17) is 0 Å². The van der Waals surface area contributed by atoms with Crippen molar-refractivity contribution < 1.29 is 10.2 Å². The molecule has 0 aliphatic carbocycles. The van der Waals surface area contributed by atoms with E-state index < -0.39 is 0 Å². The van der Waals surface area contributed by atoms with Gasteiger partial charge in [-0.3, -0.25) is 0 Å². The smallest absolute Gasteiger partial charge is 0.161 e. The standard InChI is InChI=1S/C16H19NO2/c1-12(13-6-3-2-4-7-13)10-17-11-14-8-5-9-15(18)16(14)19/h2-9,12,17-19H,10-11H2,1H3. The number of para-hydroxylation sites is 1. The van der Waals surface area contributed by atoms with Gasteiger partial charge in [-0.1, -0.05) is 49.4 Å². The van der Waals surface area contributed by atoms with E-state index in [1.54, 1.807) is 12.1 Å². The molecular weight excluding hydrogens is 238 g/mol. The summed E-state index contributed by atoms with van der Waals surface area (Å²) in [6.07, 6.45) is 0. The molecule has 0 spiro atoms. The van der Waals surface area contributed by atoms with Crippen LogP contribution in [0.5, 0.6) is 11.5 Å². The molecule has 0 aliphatic heterocycles. The number of nitrogens with one attached hydrogen (secondary N) is 1. The first-order valence-electron chi connectivity index (χ1n) is 6.44. The van der Waals surface area contributed by atoms with Gasteiger partial charge in [0.2, 0.25) is 0 Å². The second-order valence-corrected chi connectivity index (χ2v) is 4.73. The minimum absolute atomic E-state index is 0.0395. The van der Waals surface area contributed by atoms with E-state index in [0.717, 1.165) is 6.54 Å². The molecule has 0 aliphatic rings. The summed E-state index contributed by atoms with van der Waals surface area (Å²) in [4.78, 5) is 0. The third-order valence-electron chi connectivity index (χ3n) is 3.23. The minimum atomic E-state index is -0.0737. The lowest BCUT2D eigenvalue weighted by molar-refractivity contribution is 0.397. The molecule has 2 rings (SSSR count). The Morgan fingerprint density at radius 1 is 1.00 bits per heavy atom. The molecule has 1 unspecified atom stereocenters. The van der Waals surface area contributed by atoms with Gasteiger partial charge in [-0.05, 0) is 17.5 Å². The number of rotatable bonds is 5. The number of hydrogen-bond donors (Lipinski definition) is 3. The Hall–Kier alpha value is -2.00. The third-order valence-corrected chi connectivity index (χ3v) is 3.23. The molecular formula is C16H19NO2. The van der Waals surface area contributed by atoms with E-state index in [1.165, 1.54) is 11.6 Å². The average Bonchev–Trinajstić information content (AvgIpc) is 2.44. The molecule has 1 atom stereocenters. The van der Waals surface area contributed by atoms with Gasteiger partial charge in [-0.25, -0.2) is 0 Å². The highest BCUT2D eigenvalue weighted by Crippen LogP contribution is 2.28. The van der Waals surface area contributed by atoms with Gasteiger partial charge in [0.1, 0.15) is 0 Å². The van der Waals surface area contributed by atoms with Gasteiger partial charge in [0, 0.05) is 18.7 Å². The van der Waals surface area contributed by atoms with Crippen LogP contribution in [0.4, 0.5) is 0 Å². The summed E-state index contributed by atoms with van der Waals surface area (Å²) in [5.74, 6) is 0.290. The van der Waals surface area contributed by atoms with Crippen LogP contribution in [0.3, 0.4) is 0 Å². The van der Waals surface area contributed by atoms with E-state index in [1.807, 2.05) is 18.2 Å². The van der Waals surface area contributed by atoms with Gasteiger partial charge in [0.25, 0.3) is 0 Å². The molecule has 0 bridgehead atoms. The predicted octanol–water partition coefficient (Wildman–Crippen LogP) is 2.99. The summed E-state index contributed by atoms with van der Waals surface area (Å²) in [5.41, 5.74) is 2.00. The molecule has 0 heterocycles. The molecule has 0 radical (unpaired) electrons. The van der Waals surface area contributed by atoms with E-state index >= 15 is 0 Å². The molecule has 3 nitrogen and oxygen atoms in total. The zero-order chi connectivity index (χ0) is 13.7. The maximum Gasteiger partial charge on any atom is 0.161 e. The zero-order valence-corrected chi connectivity index (χ0v) is 11.0. The highest BCUT2D eigenvalue weighted by atomic mass is 16.3. The predicted molar refractivity (Wildman–Crippen MR) is 76.3 cm³/mol.